The second-order valence-corrected chi connectivity index (χ2v) is 8.53. The Morgan fingerprint density at radius 2 is 2.04 bits per heavy atom. The number of carbonyl (C=O) groups excluding carboxylic acids is 1. The lowest BCUT2D eigenvalue weighted by molar-refractivity contribution is -0.128. The third-order valence-electron chi connectivity index (χ3n) is 5.99. The van der Waals surface area contributed by atoms with Gasteiger partial charge in [0.15, 0.2) is 0 Å². The Morgan fingerprint density at radius 1 is 1.29 bits per heavy atom. The maximum absolute atomic E-state index is 13.1. The van der Waals surface area contributed by atoms with Crippen LogP contribution in [0.25, 0.3) is 5.57 Å². The van der Waals surface area contributed by atoms with E-state index in [-0.39, 0.29) is 11.3 Å². The van der Waals surface area contributed by atoms with E-state index in [1.165, 1.54) is 5.57 Å². The predicted molar refractivity (Wildman–Crippen MR) is 108 cm³/mol. The van der Waals surface area contributed by atoms with Gasteiger partial charge in [0.05, 0.1) is 13.7 Å². The Bertz CT molecular complexity index is 796. The van der Waals surface area contributed by atoms with Crippen LogP contribution >= 0.6 is 0 Å². The van der Waals surface area contributed by atoms with Gasteiger partial charge in [-0.2, -0.15) is 0 Å². The standard InChI is InChI=1S/C22H30N2O4/c1-22(2)11-14-12-24(15-7-9-27-10-8-15)20(21(25)23-3)19-16(26-4)5-6-17(18(14)19)28-13-22/h5-6,11,15,20H,7-10,12-13H2,1-4H3,(H,23,25). The number of ether oxygens (including phenoxy) is 3. The Hall–Kier alpha value is -2.05. The molecule has 0 bridgehead atoms. The predicted octanol–water partition coefficient (Wildman–Crippen LogP) is 2.78. The van der Waals surface area contributed by atoms with Gasteiger partial charge in [0.25, 0.3) is 0 Å². The monoisotopic (exact) mass is 386 g/mol. The molecule has 0 radical (unpaired) electrons. The summed E-state index contributed by atoms with van der Waals surface area (Å²) in [5, 5.41) is 2.87. The van der Waals surface area contributed by atoms with E-state index >= 15 is 0 Å². The highest BCUT2D eigenvalue weighted by molar-refractivity contribution is 5.90. The number of likely N-dealkylation sites (N-methyl/N-ethyl adjacent to an activating group) is 1. The average Bonchev–Trinajstić information content (AvgIpc) is 2.84. The number of benzene rings is 1. The fourth-order valence-electron chi connectivity index (χ4n) is 4.68. The zero-order chi connectivity index (χ0) is 19.9. The minimum atomic E-state index is -0.403. The first-order valence-corrected chi connectivity index (χ1v) is 10.1. The van der Waals surface area contributed by atoms with Crippen molar-refractivity contribution in [3.8, 4) is 11.5 Å². The molecule has 1 aromatic carbocycles. The molecule has 6 nitrogen and oxygen atoms in total. The molecule has 1 fully saturated rings. The summed E-state index contributed by atoms with van der Waals surface area (Å²) in [5.41, 5.74) is 3.08. The minimum absolute atomic E-state index is 0.0132. The molecule has 6 heteroatoms. The first kappa shape index (κ1) is 19.3. The quantitative estimate of drug-likeness (QED) is 0.866. The zero-order valence-corrected chi connectivity index (χ0v) is 17.2. The molecular weight excluding hydrogens is 356 g/mol. The van der Waals surface area contributed by atoms with Crippen LogP contribution in [0.3, 0.4) is 0 Å². The molecule has 0 saturated carbocycles. The summed E-state index contributed by atoms with van der Waals surface area (Å²) in [7, 11) is 3.36. The van der Waals surface area contributed by atoms with Gasteiger partial charge in [0.2, 0.25) is 5.91 Å². The van der Waals surface area contributed by atoms with Crippen molar-refractivity contribution in [3.63, 3.8) is 0 Å². The molecule has 1 aromatic rings. The number of nitrogens with zero attached hydrogens (tertiary/aromatic N) is 1. The van der Waals surface area contributed by atoms with E-state index in [2.05, 4.69) is 30.1 Å². The number of amides is 1. The van der Waals surface area contributed by atoms with Crippen LogP contribution < -0.4 is 14.8 Å². The summed E-state index contributed by atoms with van der Waals surface area (Å²) in [6, 6.07) is 3.79. The van der Waals surface area contributed by atoms with Crippen molar-refractivity contribution in [2.45, 2.75) is 38.8 Å². The van der Waals surface area contributed by atoms with Gasteiger partial charge in [0.1, 0.15) is 17.5 Å². The zero-order valence-electron chi connectivity index (χ0n) is 17.2. The lowest BCUT2D eigenvalue weighted by atomic mass is 9.82. The van der Waals surface area contributed by atoms with Crippen LogP contribution in [0.15, 0.2) is 18.2 Å². The lowest BCUT2D eigenvalue weighted by Crippen LogP contribution is -2.50. The van der Waals surface area contributed by atoms with Crippen molar-refractivity contribution in [3.05, 3.63) is 29.3 Å². The molecule has 3 heterocycles. The maximum atomic E-state index is 13.1. The van der Waals surface area contributed by atoms with Crippen molar-refractivity contribution >= 4 is 11.5 Å². The molecule has 0 aromatic heterocycles. The van der Waals surface area contributed by atoms with Crippen molar-refractivity contribution in [2.75, 3.05) is 40.5 Å². The van der Waals surface area contributed by atoms with Crippen LogP contribution in [-0.2, 0) is 9.53 Å². The van der Waals surface area contributed by atoms with Gasteiger partial charge in [-0.25, -0.2) is 0 Å². The van der Waals surface area contributed by atoms with Crippen LogP contribution in [0, 0.1) is 5.41 Å². The molecule has 1 atom stereocenters. The second kappa shape index (κ2) is 7.41. The van der Waals surface area contributed by atoms with E-state index in [0.29, 0.717) is 12.6 Å². The Kier molecular flexibility index (Phi) is 5.10. The van der Waals surface area contributed by atoms with Crippen molar-refractivity contribution in [1.82, 2.24) is 10.2 Å². The van der Waals surface area contributed by atoms with Gasteiger partial charge in [-0.15, -0.1) is 0 Å². The highest BCUT2D eigenvalue weighted by atomic mass is 16.5. The molecule has 1 saturated heterocycles. The fraction of sp³-hybridized carbons (Fsp3) is 0.591. The summed E-state index contributed by atoms with van der Waals surface area (Å²) in [6.07, 6.45) is 4.17. The number of nitrogens with one attached hydrogen (secondary N) is 1. The van der Waals surface area contributed by atoms with Crippen LogP contribution in [0.5, 0.6) is 11.5 Å². The molecular formula is C22H30N2O4. The van der Waals surface area contributed by atoms with Gasteiger partial charge in [0, 0.05) is 49.4 Å². The molecule has 3 aliphatic rings. The van der Waals surface area contributed by atoms with Crippen LogP contribution in [-0.4, -0.2) is 57.4 Å². The van der Waals surface area contributed by atoms with Gasteiger partial charge < -0.3 is 19.5 Å². The van der Waals surface area contributed by atoms with Gasteiger partial charge in [-0.1, -0.05) is 19.9 Å². The van der Waals surface area contributed by atoms with E-state index < -0.39 is 6.04 Å². The number of rotatable bonds is 3. The van der Waals surface area contributed by atoms with Crippen molar-refractivity contribution < 1.29 is 19.0 Å². The van der Waals surface area contributed by atoms with Gasteiger partial charge >= 0.3 is 0 Å². The first-order chi connectivity index (χ1) is 13.4. The average molecular weight is 386 g/mol. The summed E-state index contributed by atoms with van der Waals surface area (Å²) < 4.78 is 17.5. The summed E-state index contributed by atoms with van der Waals surface area (Å²) in [4.78, 5) is 15.4. The highest BCUT2D eigenvalue weighted by Crippen LogP contribution is 2.49. The van der Waals surface area contributed by atoms with Crippen molar-refractivity contribution in [2.24, 2.45) is 5.41 Å². The van der Waals surface area contributed by atoms with Crippen LogP contribution in [0.1, 0.15) is 43.9 Å². The van der Waals surface area contributed by atoms with E-state index in [4.69, 9.17) is 14.2 Å². The van der Waals surface area contributed by atoms with Crippen LogP contribution in [0.2, 0.25) is 0 Å². The molecule has 1 amide bonds. The number of methoxy groups -OCH3 is 1. The van der Waals surface area contributed by atoms with Gasteiger partial charge in [-0.3, -0.25) is 9.69 Å². The molecule has 152 valence electrons. The van der Waals surface area contributed by atoms with Gasteiger partial charge in [-0.05, 0) is 30.5 Å². The topological polar surface area (TPSA) is 60.0 Å². The Balaban J connectivity index is 1.92. The second-order valence-electron chi connectivity index (χ2n) is 8.53. The summed E-state index contributed by atoms with van der Waals surface area (Å²) >= 11 is 0. The summed E-state index contributed by atoms with van der Waals surface area (Å²) in [5.74, 6) is 1.56. The van der Waals surface area contributed by atoms with Crippen molar-refractivity contribution in [1.29, 1.82) is 0 Å². The molecule has 28 heavy (non-hydrogen) atoms. The first-order valence-electron chi connectivity index (χ1n) is 10.1. The van der Waals surface area contributed by atoms with E-state index in [0.717, 1.165) is 55.2 Å². The van der Waals surface area contributed by atoms with E-state index in [9.17, 15) is 4.79 Å². The molecule has 4 rings (SSSR count). The molecule has 3 aliphatic heterocycles. The third-order valence-corrected chi connectivity index (χ3v) is 5.99. The molecule has 1 N–H and O–H groups in total. The fourth-order valence-corrected chi connectivity index (χ4v) is 4.68. The SMILES string of the molecule is CNC(=O)C1c2c(OC)ccc3c2C(=CC(C)(C)CO3)CN1C1CCOCC1. The normalized spacial score (nSPS) is 24.4. The third kappa shape index (κ3) is 3.29. The molecule has 0 spiro atoms. The Morgan fingerprint density at radius 3 is 2.71 bits per heavy atom. The summed E-state index contributed by atoms with van der Waals surface area (Å²) in [6.45, 7) is 7.18. The minimum Gasteiger partial charge on any atom is -0.496 e. The van der Waals surface area contributed by atoms with E-state index in [1.807, 2.05) is 12.1 Å². The lowest BCUT2D eigenvalue weighted by Gasteiger charge is -2.44. The maximum Gasteiger partial charge on any atom is 0.241 e. The Labute approximate surface area is 166 Å². The number of hydrogen-bond acceptors (Lipinski definition) is 5. The highest BCUT2D eigenvalue weighted by Gasteiger charge is 2.43. The number of carbonyl (C=O) groups is 1. The van der Waals surface area contributed by atoms with E-state index in [1.54, 1.807) is 14.2 Å². The molecule has 1 unspecified atom stereocenters. The number of hydrogen-bond donors (Lipinski definition) is 1. The molecule has 0 aliphatic carbocycles. The largest absolute Gasteiger partial charge is 0.496 e. The smallest absolute Gasteiger partial charge is 0.241 e. The van der Waals surface area contributed by atoms with Crippen LogP contribution in [0.4, 0.5) is 0 Å².